The topological polar surface area (TPSA) is 141 Å². The van der Waals surface area contributed by atoms with Gasteiger partial charge in [0.05, 0.1) is 29.7 Å². The first kappa shape index (κ1) is 21.5. The van der Waals surface area contributed by atoms with Crippen LogP contribution in [0.25, 0.3) is 0 Å². The lowest BCUT2D eigenvalue weighted by molar-refractivity contribution is -0.117. The number of amides is 2. The molecular formula is C23H25N7O2. The van der Waals surface area contributed by atoms with Crippen LogP contribution in [-0.4, -0.2) is 39.6 Å². The highest BCUT2D eigenvalue weighted by Gasteiger charge is 2.39. The summed E-state index contributed by atoms with van der Waals surface area (Å²) >= 11 is 0. The number of carbonyl (C=O) groups excluding carboxylic acids is 2. The van der Waals surface area contributed by atoms with Crippen molar-refractivity contribution in [2.45, 2.75) is 44.2 Å². The van der Waals surface area contributed by atoms with E-state index in [1.807, 2.05) is 18.2 Å². The van der Waals surface area contributed by atoms with Crippen LogP contribution >= 0.6 is 0 Å². The molecule has 32 heavy (non-hydrogen) atoms. The molecule has 0 bridgehead atoms. The zero-order valence-corrected chi connectivity index (χ0v) is 17.8. The Kier molecular flexibility index (Phi) is 5.93. The van der Waals surface area contributed by atoms with Crippen molar-refractivity contribution in [2.24, 2.45) is 11.7 Å². The third kappa shape index (κ3) is 4.48. The average Bonchev–Trinajstić information content (AvgIpc) is 3.55. The summed E-state index contributed by atoms with van der Waals surface area (Å²) in [7, 11) is 0. The first-order valence-corrected chi connectivity index (χ1v) is 10.7. The number of nitriles is 2. The Labute approximate surface area is 186 Å². The maximum absolute atomic E-state index is 12.2. The lowest BCUT2D eigenvalue weighted by Crippen LogP contribution is -2.46. The van der Waals surface area contributed by atoms with Crippen LogP contribution in [0.15, 0.2) is 30.5 Å². The van der Waals surface area contributed by atoms with Gasteiger partial charge in [-0.05, 0) is 43.4 Å². The molecule has 2 amide bonds. The molecule has 9 nitrogen and oxygen atoms in total. The largest absolute Gasteiger partial charge is 0.365 e. The van der Waals surface area contributed by atoms with E-state index in [0.29, 0.717) is 24.9 Å². The molecular weight excluding hydrogens is 406 g/mol. The highest BCUT2D eigenvalue weighted by Crippen LogP contribution is 2.36. The number of benzene rings is 1. The van der Waals surface area contributed by atoms with Crippen molar-refractivity contribution in [3.8, 4) is 12.1 Å². The fraction of sp³-hybridized carbons (Fsp3) is 0.435. The predicted molar refractivity (Wildman–Crippen MR) is 116 cm³/mol. The van der Waals surface area contributed by atoms with E-state index in [1.54, 1.807) is 16.9 Å². The summed E-state index contributed by atoms with van der Waals surface area (Å²) < 4.78 is 1.66. The van der Waals surface area contributed by atoms with Crippen LogP contribution in [0.5, 0.6) is 0 Å². The molecule has 0 unspecified atom stereocenters. The smallest absolute Gasteiger partial charge is 0.254 e. The van der Waals surface area contributed by atoms with Gasteiger partial charge in [-0.15, -0.1) is 0 Å². The lowest BCUT2D eigenvalue weighted by Gasteiger charge is -2.40. The van der Waals surface area contributed by atoms with Crippen LogP contribution in [0.1, 0.15) is 53.6 Å². The Morgan fingerprint density at radius 2 is 2.00 bits per heavy atom. The molecule has 1 aliphatic heterocycles. The number of piperidine rings is 1. The number of anilines is 1. The summed E-state index contributed by atoms with van der Waals surface area (Å²) in [6.45, 7) is 2.18. The number of nitrogens with one attached hydrogen (secondary N) is 1. The molecule has 1 aromatic carbocycles. The summed E-state index contributed by atoms with van der Waals surface area (Å²) in [6.07, 6.45) is 4.80. The number of aromatic nitrogens is 2. The minimum absolute atomic E-state index is 0.0308. The van der Waals surface area contributed by atoms with Gasteiger partial charge in [-0.1, -0.05) is 12.1 Å². The van der Waals surface area contributed by atoms with Crippen molar-refractivity contribution in [3.63, 3.8) is 0 Å². The maximum atomic E-state index is 12.2. The van der Waals surface area contributed by atoms with E-state index in [9.17, 15) is 14.9 Å². The van der Waals surface area contributed by atoms with Gasteiger partial charge in [0.1, 0.15) is 5.56 Å². The molecule has 9 heteroatoms. The Balaban J connectivity index is 1.52. The van der Waals surface area contributed by atoms with Gasteiger partial charge in [0.25, 0.3) is 5.91 Å². The van der Waals surface area contributed by atoms with Crippen molar-refractivity contribution in [1.29, 1.82) is 10.5 Å². The van der Waals surface area contributed by atoms with Gasteiger partial charge in [0.15, 0.2) is 5.82 Å². The molecule has 3 N–H and O–H groups in total. The number of nitrogens with two attached hydrogens (primary N) is 1. The molecule has 1 saturated carbocycles. The number of primary amides is 1. The van der Waals surface area contributed by atoms with Crippen LogP contribution < -0.4 is 11.1 Å². The Morgan fingerprint density at radius 1 is 1.25 bits per heavy atom. The molecule has 2 heterocycles. The van der Waals surface area contributed by atoms with Gasteiger partial charge < -0.3 is 11.1 Å². The van der Waals surface area contributed by atoms with E-state index in [2.05, 4.69) is 27.5 Å². The number of hydrogen-bond donors (Lipinski definition) is 2. The van der Waals surface area contributed by atoms with E-state index >= 15 is 0 Å². The molecule has 1 saturated heterocycles. The van der Waals surface area contributed by atoms with E-state index in [0.717, 1.165) is 31.5 Å². The molecule has 4 rings (SSSR count). The second-order valence-corrected chi connectivity index (χ2v) is 8.61. The maximum Gasteiger partial charge on any atom is 0.254 e. The average molecular weight is 432 g/mol. The van der Waals surface area contributed by atoms with Crippen LogP contribution in [-0.2, 0) is 16.9 Å². The molecule has 0 atom stereocenters. The Bertz CT molecular complexity index is 1110. The summed E-state index contributed by atoms with van der Waals surface area (Å²) in [4.78, 5) is 26.5. The molecule has 1 aliphatic carbocycles. The molecule has 2 aromatic rings. The predicted octanol–water partition coefficient (Wildman–Crippen LogP) is 2.11. The van der Waals surface area contributed by atoms with E-state index in [1.165, 1.54) is 0 Å². The van der Waals surface area contributed by atoms with Gasteiger partial charge in [-0.25, -0.2) is 0 Å². The molecule has 0 spiro atoms. The van der Waals surface area contributed by atoms with E-state index < -0.39 is 11.4 Å². The summed E-state index contributed by atoms with van der Waals surface area (Å²) in [5.74, 6) is -0.676. The van der Waals surface area contributed by atoms with Crippen molar-refractivity contribution in [3.05, 3.63) is 47.2 Å². The van der Waals surface area contributed by atoms with Crippen molar-refractivity contribution < 1.29 is 9.59 Å². The summed E-state index contributed by atoms with van der Waals surface area (Å²) in [5.41, 5.74) is 6.82. The normalized spacial score (nSPS) is 17.8. The van der Waals surface area contributed by atoms with Crippen LogP contribution in [0.4, 0.5) is 5.82 Å². The van der Waals surface area contributed by atoms with Gasteiger partial charge >= 0.3 is 0 Å². The second kappa shape index (κ2) is 8.81. The van der Waals surface area contributed by atoms with Gasteiger partial charge in [0.2, 0.25) is 5.91 Å². The van der Waals surface area contributed by atoms with Crippen molar-refractivity contribution in [1.82, 2.24) is 14.7 Å². The number of carbonyl (C=O) groups is 2. The third-order valence-electron chi connectivity index (χ3n) is 6.31. The minimum Gasteiger partial charge on any atom is -0.365 e. The van der Waals surface area contributed by atoms with E-state index in [4.69, 9.17) is 11.0 Å². The van der Waals surface area contributed by atoms with Crippen molar-refractivity contribution in [2.75, 3.05) is 18.4 Å². The zero-order chi connectivity index (χ0) is 22.7. The Hall–Kier alpha value is -3.69. The molecule has 0 radical (unpaired) electrons. The van der Waals surface area contributed by atoms with Gasteiger partial charge in [0, 0.05) is 31.7 Å². The summed E-state index contributed by atoms with van der Waals surface area (Å²) in [6, 6.07) is 12.0. The standard InChI is InChI=1S/C23H25N7O2/c24-9-6-23(7-10-29(11-8-23)14-17-3-1-2-16(12-17)13-25)30-15-19(20(26)31)21(28-30)27-22(32)18-4-5-18/h1-3,12,15,18H,4-8,10-11,14H2,(H2,26,31)(H,27,28,32). The number of likely N-dealkylation sites (tertiary alicyclic amines) is 1. The molecule has 2 fully saturated rings. The first-order valence-electron chi connectivity index (χ1n) is 10.7. The first-order chi connectivity index (χ1) is 15.4. The zero-order valence-electron chi connectivity index (χ0n) is 17.8. The van der Waals surface area contributed by atoms with Gasteiger partial charge in [-0.3, -0.25) is 19.2 Å². The van der Waals surface area contributed by atoms with Crippen LogP contribution in [0.2, 0.25) is 0 Å². The van der Waals surface area contributed by atoms with Crippen LogP contribution in [0.3, 0.4) is 0 Å². The summed E-state index contributed by atoms with van der Waals surface area (Å²) in [5, 5.41) is 25.9. The van der Waals surface area contributed by atoms with Crippen LogP contribution in [0, 0.1) is 28.6 Å². The highest BCUT2D eigenvalue weighted by atomic mass is 16.2. The minimum atomic E-state index is -0.663. The number of hydrogen-bond acceptors (Lipinski definition) is 6. The molecule has 164 valence electrons. The van der Waals surface area contributed by atoms with E-state index in [-0.39, 0.29) is 29.6 Å². The van der Waals surface area contributed by atoms with Gasteiger partial charge in [-0.2, -0.15) is 15.6 Å². The monoisotopic (exact) mass is 431 g/mol. The highest BCUT2D eigenvalue weighted by molar-refractivity contribution is 6.02. The fourth-order valence-electron chi connectivity index (χ4n) is 4.21. The third-order valence-corrected chi connectivity index (χ3v) is 6.31. The SMILES string of the molecule is N#CCC1(n2cc(C(N)=O)c(NC(=O)C3CC3)n2)CCN(Cc2cccc(C#N)c2)CC1. The fourth-order valence-corrected chi connectivity index (χ4v) is 4.21. The lowest BCUT2D eigenvalue weighted by atomic mass is 9.84. The molecule has 2 aliphatic rings. The number of nitrogens with zero attached hydrogens (tertiary/aromatic N) is 5. The second-order valence-electron chi connectivity index (χ2n) is 8.61. The van der Waals surface area contributed by atoms with Crippen molar-refractivity contribution >= 4 is 17.6 Å². The number of rotatable bonds is 7. The molecule has 1 aromatic heterocycles. The quantitative estimate of drug-likeness (QED) is 0.688. The Morgan fingerprint density at radius 3 is 2.62 bits per heavy atom.